The predicted octanol–water partition coefficient (Wildman–Crippen LogP) is 3.02. The van der Waals surface area contributed by atoms with E-state index in [2.05, 4.69) is 22.5 Å². The molecule has 6 nitrogen and oxygen atoms in total. The summed E-state index contributed by atoms with van der Waals surface area (Å²) in [6.07, 6.45) is 2.37. The zero-order valence-corrected chi connectivity index (χ0v) is 13.0. The van der Waals surface area contributed by atoms with E-state index < -0.39 is 11.7 Å². The summed E-state index contributed by atoms with van der Waals surface area (Å²) >= 11 is 0. The lowest BCUT2D eigenvalue weighted by Crippen LogP contribution is -2.28. The van der Waals surface area contributed by atoms with Gasteiger partial charge in [0.1, 0.15) is 11.4 Å². The van der Waals surface area contributed by atoms with E-state index in [9.17, 15) is 4.79 Å². The second-order valence-corrected chi connectivity index (χ2v) is 6.17. The van der Waals surface area contributed by atoms with Gasteiger partial charge in [0, 0.05) is 6.61 Å². The molecule has 6 heteroatoms. The zero-order chi connectivity index (χ0) is 15.5. The van der Waals surface area contributed by atoms with Crippen LogP contribution in [0.5, 0.6) is 0 Å². The molecule has 0 bridgehead atoms. The van der Waals surface area contributed by atoms with Gasteiger partial charge >= 0.3 is 6.09 Å². The molecule has 0 aromatic carbocycles. The first-order valence-electron chi connectivity index (χ1n) is 7.18. The normalized spacial score (nSPS) is 21.9. The molecule has 1 fully saturated rings. The van der Waals surface area contributed by atoms with Gasteiger partial charge in [-0.15, -0.1) is 0 Å². The Morgan fingerprint density at radius 3 is 2.71 bits per heavy atom. The molecule has 1 aromatic heterocycles. The third kappa shape index (κ3) is 4.90. The Morgan fingerprint density at radius 1 is 1.43 bits per heavy atom. The van der Waals surface area contributed by atoms with Crippen LogP contribution in [0, 0.1) is 0 Å². The molecule has 1 amide bonds. The minimum atomic E-state index is -0.524. The summed E-state index contributed by atoms with van der Waals surface area (Å²) in [6.45, 7) is 8.29. The van der Waals surface area contributed by atoms with Crippen molar-refractivity contribution in [2.24, 2.45) is 0 Å². The Morgan fingerprint density at radius 2 is 2.19 bits per heavy atom. The van der Waals surface area contributed by atoms with Crippen LogP contribution in [0.3, 0.4) is 0 Å². The second kappa shape index (κ2) is 6.30. The lowest BCUT2D eigenvalue weighted by molar-refractivity contribution is 0.0635. The molecule has 0 radical (unpaired) electrons. The highest BCUT2D eigenvalue weighted by atomic mass is 16.6. The van der Waals surface area contributed by atoms with Crippen molar-refractivity contribution in [3.05, 3.63) is 18.3 Å². The first-order valence-corrected chi connectivity index (χ1v) is 7.18. The van der Waals surface area contributed by atoms with Crippen LogP contribution in [0.25, 0.3) is 0 Å². The predicted molar refractivity (Wildman–Crippen MR) is 81.5 cm³/mol. The van der Waals surface area contributed by atoms with Gasteiger partial charge in [-0.25, -0.2) is 9.78 Å². The number of anilines is 2. The molecule has 1 aliphatic heterocycles. The number of hydrogen-bond donors (Lipinski definition) is 2. The topological polar surface area (TPSA) is 72.5 Å². The van der Waals surface area contributed by atoms with E-state index in [0.717, 1.165) is 18.7 Å². The molecule has 116 valence electrons. The molecular formula is C15H23N3O3. The van der Waals surface area contributed by atoms with Crippen molar-refractivity contribution < 1.29 is 14.3 Å². The highest BCUT2D eigenvalue weighted by molar-refractivity contribution is 5.83. The summed E-state index contributed by atoms with van der Waals surface area (Å²) in [5, 5.41) is 5.98. The number of rotatable bonds is 3. The van der Waals surface area contributed by atoms with Gasteiger partial charge in [0.25, 0.3) is 0 Å². The van der Waals surface area contributed by atoms with E-state index in [-0.39, 0.29) is 6.10 Å². The van der Waals surface area contributed by atoms with Crippen LogP contribution in [0.2, 0.25) is 0 Å². The largest absolute Gasteiger partial charge is 0.444 e. The molecule has 0 spiro atoms. The first kappa shape index (κ1) is 15.6. The number of pyridine rings is 1. The van der Waals surface area contributed by atoms with Crippen LogP contribution in [-0.4, -0.2) is 35.4 Å². The molecule has 1 aliphatic rings. The van der Waals surface area contributed by atoms with Crippen molar-refractivity contribution in [1.82, 2.24) is 4.98 Å². The molecule has 2 heterocycles. The van der Waals surface area contributed by atoms with Crippen LogP contribution < -0.4 is 10.6 Å². The fourth-order valence-electron chi connectivity index (χ4n) is 2.10. The monoisotopic (exact) mass is 293 g/mol. The molecule has 2 atom stereocenters. The lowest BCUT2D eigenvalue weighted by atomic mass is 10.1. The average molecular weight is 293 g/mol. The molecule has 2 rings (SSSR count). The van der Waals surface area contributed by atoms with Crippen molar-refractivity contribution in [1.29, 1.82) is 0 Å². The smallest absolute Gasteiger partial charge is 0.413 e. The fraction of sp³-hybridized carbons (Fsp3) is 0.600. The standard InChI is InChI=1S/C15H23N3O3/c1-10-12(7-8-20-10)17-11-5-6-13(16-9-11)18-14(19)21-15(2,3)4/h5-6,9-10,12,17H,7-8H2,1-4H3,(H,16,18,19). The molecule has 2 N–H and O–H groups in total. The Labute approximate surface area is 125 Å². The summed E-state index contributed by atoms with van der Waals surface area (Å²) in [7, 11) is 0. The van der Waals surface area contributed by atoms with Crippen LogP contribution in [0.1, 0.15) is 34.1 Å². The Hall–Kier alpha value is -1.82. The van der Waals surface area contributed by atoms with E-state index >= 15 is 0 Å². The minimum Gasteiger partial charge on any atom is -0.444 e. The molecule has 1 aromatic rings. The van der Waals surface area contributed by atoms with Crippen LogP contribution in [0.15, 0.2) is 18.3 Å². The maximum absolute atomic E-state index is 11.6. The van der Waals surface area contributed by atoms with E-state index in [1.54, 1.807) is 12.3 Å². The van der Waals surface area contributed by atoms with E-state index in [1.807, 2.05) is 26.8 Å². The Balaban J connectivity index is 1.88. The number of amides is 1. The number of ether oxygens (including phenoxy) is 2. The van der Waals surface area contributed by atoms with Gasteiger partial charge in [-0.3, -0.25) is 5.32 Å². The highest BCUT2D eigenvalue weighted by Gasteiger charge is 2.23. The number of hydrogen-bond acceptors (Lipinski definition) is 5. The minimum absolute atomic E-state index is 0.199. The van der Waals surface area contributed by atoms with Crippen molar-refractivity contribution in [2.45, 2.75) is 51.9 Å². The zero-order valence-electron chi connectivity index (χ0n) is 13.0. The van der Waals surface area contributed by atoms with Gasteiger partial charge in [0.2, 0.25) is 0 Å². The number of carbonyl (C=O) groups is 1. The summed E-state index contributed by atoms with van der Waals surface area (Å²) < 4.78 is 10.7. The molecule has 0 saturated carbocycles. The summed E-state index contributed by atoms with van der Waals surface area (Å²) in [5.74, 6) is 0.463. The van der Waals surface area contributed by atoms with Crippen LogP contribution >= 0.6 is 0 Å². The van der Waals surface area contributed by atoms with Crippen molar-refractivity contribution >= 4 is 17.6 Å². The van der Waals surface area contributed by atoms with Gasteiger partial charge in [-0.1, -0.05) is 0 Å². The van der Waals surface area contributed by atoms with Gasteiger partial charge in [0.15, 0.2) is 0 Å². The molecular weight excluding hydrogens is 270 g/mol. The Kier molecular flexibility index (Phi) is 4.67. The van der Waals surface area contributed by atoms with Crippen molar-refractivity contribution in [3.63, 3.8) is 0 Å². The fourth-order valence-corrected chi connectivity index (χ4v) is 2.10. The summed E-state index contributed by atoms with van der Waals surface area (Å²) in [4.78, 5) is 15.8. The number of carbonyl (C=O) groups excluding carboxylic acids is 1. The Bertz CT molecular complexity index is 482. The first-order chi connectivity index (χ1) is 9.83. The lowest BCUT2D eigenvalue weighted by Gasteiger charge is -2.19. The number of nitrogens with zero attached hydrogens (tertiary/aromatic N) is 1. The number of aromatic nitrogens is 1. The van der Waals surface area contributed by atoms with Gasteiger partial charge in [0.05, 0.1) is 24.0 Å². The van der Waals surface area contributed by atoms with E-state index in [1.165, 1.54) is 0 Å². The van der Waals surface area contributed by atoms with Gasteiger partial charge in [-0.05, 0) is 46.2 Å². The summed E-state index contributed by atoms with van der Waals surface area (Å²) in [6, 6.07) is 3.92. The number of nitrogens with one attached hydrogen (secondary N) is 2. The molecule has 21 heavy (non-hydrogen) atoms. The second-order valence-electron chi connectivity index (χ2n) is 6.17. The maximum Gasteiger partial charge on any atom is 0.413 e. The summed E-state index contributed by atoms with van der Waals surface area (Å²) in [5.41, 5.74) is 0.386. The highest BCUT2D eigenvalue weighted by Crippen LogP contribution is 2.19. The van der Waals surface area contributed by atoms with Gasteiger partial charge < -0.3 is 14.8 Å². The average Bonchev–Trinajstić information content (AvgIpc) is 2.75. The molecule has 0 aliphatic carbocycles. The maximum atomic E-state index is 11.6. The van der Waals surface area contributed by atoms with E-state index in [0.29, 0.717) is 11.9 Å². The van der Waals surface area contributed by atoms with E-state index in [4.69, 9.17) is 9.47 Å². The van der Waals surface area contributed by atoms with Crippen LogP contribution in [0.4, 0.5) is 16.3 Å². The quantitative estimate of drug-likeness (QED) is 0.896. The molecule has 1 saturated heterocycles. The van der Waals surface area contributed by atoms with Gasteiger partial charge in [-0.2, -0.15) is 0 Å². The van der Waals surface area contributed by atoms with Crippen molar-refractivity contribution in [2.75, 3.05) is 17.2 Å². The van der Waals surface area contributed by atoms with Crippen molar-refractivity contribution in [3.8, 4) is 0 Å². The van der Waals surface area contributed by atoms with Crippen LogP contribution in [-0.2, 0) is 9.47 Å². The SMILES string of the molecule is CC1OCCC1Nc1ccc(NC(=O)OC(C)(C)C)nc1. The third-order valence-electron chi connectivity index (χ3n) is 3.12. The molecule has 2 unspecified atom stereocenters. The third-order valence-corrected chi connectivity index (χ3v) is 3.12.